The van der Waals surface area contributed by atoms with Crippen LogP contribution >= 0.6 is 11.6 Å². The average Bonchev–Trinajstić information content (AvgIpc) is 2.27. The number of carbonyl (C=O) groups is 1. The molecular weight excluding hydrogens is 238 g/mol. The van der Waals surface area contributed by atoms with Crippen LogP contribution < -0.4 is 5.73 Å². The van der Waals surface area contributed by atoms with Crippen molar-refractivity contribution in [2.24, 2.45) is 5.73 Å². The Morgan fingerprint density at radius 2 is 2.00 bits per heavy atom. The molecule has 0 saturated heterocycles. The van der Waals surface area contributed by atoms with Gasteiger partial charge in [0.1, 0.15) is 0 Å². The Bertz CT molecular complexity index is 362. The van der Waals surface area contributed by atoms with Gasteiger partial charge < -0.3 is 10.5 Å². The third-order valence-electron chi connectivity index (χ3n) is 2.62. The van der Waals surface area contributed by atoms with Crippen LogP contribution in [0.4, 0.5) is 0 Å². The van der Waals surface area contributed by atoms with Crippen LogP contribution in [-0.4, -0.2) is 18.6 Å². The van der Waals surface area contributed by atoms with Gasteiger partial charge in [0.05, 0.1) is 13.0 Å². The Kier molecular flexibility index (Phi) is 5.45. The minimum atomic E-state index is -0.218. The first-order valence-electron chi connectivity index (χ1n) is 5.71. The van der Waals surface area contributed by atoms with Crippen molar-refractivity contribution >= 4 is 17.6 Å². The monoisotopic (exact) mass is 255 g/mol. The highest BCUT2D eigenvalue weighted by molar-refractivity contribution is 6.30. The number of ether oxygens (including phenoxy) is 1. The van der Waals surface area contributed by atoms with Crippen molar-refractivity contribution in [2.45, 2.75) is 32.2 Å². The molecule has 17 heavy (non-hydrogen) atoms. The van der Waals surface area contributed by atoms with E-state index in [2.05, 4.69) is 0 Å². The summed E-state index contributed by atoms with van der Waals surface area (Å²) in [7, 11) is 0. The molecule has 0 amide bonds. The van der Waals surface area contributed by atoms with Crippen molar-refractivity contribution in [1.29, 1.82) is 0 Å². The second-order valence-corrected chi connectivity index (χ2v) is 4.46. The number of nitrogens with two attached hydrogens (primary N) is 1. The zero-order valence-corrected chi connectivity index (χ0v) is 10.9. The van der Waals surface area contributed by atoms with Crippen molar-refractivity contribution < 1.29 is 9.53 Å². The third-order valence-corrected chi connectivity index (χ3v) is 2.88. The van der Waals surface area contributed by atoms with E-state index in [0.717, 1.165) is 5.56 Å². The third kappa shape index (κ3) is 4.36. The Hall–Kier alpha value is -1.06. The van der Waals surface area contributed by atoms with Crippen LogP contribution in [0.25, 0.3) is 0 Å². The number of esters is 1. The number of hydrogen-bond donors (Lipinski definition) is 1. The zero-order valence-electron chi connectivity index (χ0n) is 10.2. The number of hydrogen-bond acceptors (Lipinski definition) is 3. The summed E-state index contributed by atoms with van der Waals surface area (Å²) in [5, 5.41) is 0.674. The highest BCUT2D eigenvalue weighted by atomic mass is 35.5. The van der Waals surface area contributed by atoms with E-state index in [1.54, 1.807) is 19.1 Å². The van der Waals surface area contributed by atoms with Crippen LogP contribution in [0.15, 0.2) is 24.3 Å². The first-order chi connectivity index (χ1) is 8.04. The average molecular weight is 256 g/mol. The molecule has 94 valence electrons. The lowest BCUT2D eigenvalue weighted by Crippen LogP contribution is -2.27. The van der Waals surface area contributed by atoms with Crippen molar-refractivity contribution in [2.75, 3.05) is 6.61 Å². The van der Waals surface area contributed by atoms with Crippen LogP contribution in [0.2, 0.25) is 5.02 Å². The van der Waals surface area contributed by atoms with E-state index in [1.165, 1.54) is 0 Å². The standard InChI is InChI=1S/C13H18ClNO2/c1-3-17-13(16)8-12(9(2)15)10-4-6-11(14)7-5-10/h4-7,9,12H,3,8,15H2,1-2H3. The molecule has 1 rings (SSSR count). The summed E-state index contributed by atoms with van der Waals surface area (Å²) in [6.07, 6.45) is 0.299. The highest BCUT2D eigenvalue weighted by Gasteiger charge is 2.20. The van der Waals surface area contributed by atoms with Gasteiger partial charge in [-0.15, -0.1) is 0 Å². The molecule has 0 radical (unpaired) electrons. The van der Waals surface area contributed by atoms with E-state index in [9.17, 15) is 4.79 Å². The number of halogens is 1. The molecule has 4 heteroatoms. The largest absolute Gasteiger partial charge is 0.466 e. The SMILES string of the molecule is CCOC(=O)CC(c1ccc(Cl)cc1)C(C)N. The summed E-state index contributed by atoms with van der Waals surface area (Å²) in [5.41, 5.74) is 6.92. The lowest BCUT2D eigenvalue weighted by atomic mass is 9.90. The van der Waals surface area contributed by atoms with Gasteiger partial charge in [-0.2, -0.15) is 0 Å². The maximum absolute atomic E-state index is 11.5. The maximum atomic E-state index is 11.5. The molecular formula is C13H18ClNO2. The Morgan fingerprint density at radius 3 is 2.47 bits per heavy atom. The number of carbonyl (C=O) groups excluding carboxylic acids is 1. The van der Waals surface area contributed by atoms with Crippen LogP contribution in [0, 0.1) is 0 Å². The van der Waals surface area contributed by atoms with Gasteiger partial charge in [0.2, 0.25) is 0 Å². The summed E-state index contributed by atoms with van der Waals surface area (Å²) in [4.78, 5) is 11.5. The van der Waals surface area contributed by atoms with Gasteiger partial charge in [-0.05, 0) is 31.5 Å². The molecule has 0 aliphatic heterocycles. The van der Waals surface area contributed by atoms with Gasteiger partial charge in [-0.25, -0.2) is 0 Å². The fraction of sp³-hybridized carbons (Fsp3) is 0.462. The van der Waals surface area contributed by atoms with Gasteiger partial charge in [-0.1, -0.05) is 23.7 Å². The highest BCUT2D eigenvalue weighted by Crippen LogP contribution is 2.24. The van der Waals surface area contributed by atoms with E-state index in [0.29, 0.717) is 18.1 Å². The number of benzene rings is 1. The smallest absolute Gasteiger partial charge is 0.306 e. The number of rotatable bonds is 5. The van der Waals surface area contributed by atoms with Crippen LogP contribution in [0.3, 0.4) is 0 Å². The molecule has 2 atom stereocenters. The molecule has 2 unspecified atom stereocenters. The van der Waals surface area contributed by atoms with Crippen LogP contribution in [0.1, 0.15) is 31.7 Å². The molecule has 3 nitrogen and oxygen atoms in total. The van der Waals surface area contributed by atoms with Gasteiger partial charge in [0.25, 0.3) is 0 Å². The summed E-state index contributed by atoms with van der Waals surface area (Å²) in [6.45, 7) is 4.07. The fourth-order valence-corrected chi connectivity index (χ4v) is 1.84. The minimum Gasteiger partial charge on any atom is -0.466 e. The second-order valence-electron chi connectivity index (χ2n) is 4.03. The molecule has 0 heterocycles. The molecule has 0 spiro atoms. The first kappa shape index (κ1) is 14.0. The molecule has 0 fully saturated rings. The summed E-state index contributed by atoms with van der Waals surface area (Å²) in [5.74, 6) is -0.254. The lowest BCUT2D eigenvalue weighted by molar-refractivity contribution is -0.143. The topological polar surface area (TPSA) is 52.3 Å². The van der Waals surface area contributed by atoms with Crippen LogP contribution in [0.5, 0.6) is 0 Å². The van der Waals surface area contributed by atoms with Gasteiger partial charge in [0.15, 0.2) is 0 Å². The fourth-order valence-electron chi connectivity index (χ4n) is 1.72. The first-order valence-corrected chi connectivity index (χ1v) is 6.09. The van der Waals surface area contributed by atoms with Gasteiger partial charge in [0, 0.05) is 17.0 Å². The molecule has 1 aromatic carbocycles. The van der Waals surface area contributed by atoms with E-state index in [-0.39, 0.29) is 17.9 Å². The van der Waals surface area contributed by atoms with Crippen molar-refractivity contribution in [3.8, 4) is 0 Å². The molecule has 0 saturated carbocycles. The predicted molar refractivity (Wildman–Crippen MR) is 69.1 cm³/mol. The molecule has 0 aliphatic rings. The summed E-state index contributed by atoms with van der Waals surface area (Å²) >= 11 is 5.83. The van der Waals surface area contributed by atoms with E-state index >= 15 is 0 Å². The minimum absolute atomic E-state index is 0.0358. The van der Waals surface area contributed by atoms with E-state index in [1.807, 2.05) is 19.1 Å². The molecule has 0 aromatic heterocycles. The summed E-state index contributed by atoms with van der Waals surface area (Å²) in [6, 6.07) is 7.29. The van der Waals surface area contributed by atoms with E-state index < -0.39 is 0 Å². The molecule has 2 N–H and O–H groups in total. The molecule has 1 aromatic rings. The van der Waals surface area contributed by atoms with Crippen molar-refractivity contribution in [3.05, 3.63) is 34.9 Å². The Morgan fingerprint density at radius 1 is 1.41 bits per heavy atom. The zero-order chi connectivity index (χ0) is 12.8. The van der Waals surface area contributed by atoms with E-state index in [4.69, 9.17) is 22.1 Å². The quantitative estimate of drug-likeness (QED) is 0.823. The van der Waals surface area contributed by atoms with Crippen molar-refractivity contribution in [1.82, 2.24) is 0 Å². The van der Waals surface area contributed by atoms with Crippen molar-refractivity contribution in [3.63, 3.8) is 0 Å². The lowest BCUT2D eigenvalue weighted by Gasteiger charge is -2.20. The Labute approximate surface area is 107 Å². The normalized spacial score (nSPS) is 14.1. The summed E-state index contributed by atoms with van der Waals surface area (Å²) < 4.78 is 4.95. The van der Waals surface area contributed by atoms with Gasteiger partial charge >= 0.3 is 5.97 Å². The maximum Gasteiger partial charge on any atom is 0.306 e. The second kappa shape index (κ2) is 6.62. The molecule has 0 aliphatic carbocycles. The molecule has 0 bridgehead atoms. The van der Waals surface area contributed by atoms with Gasteiger partial charge in [-0.3, -0.25) is 4.79 Å². The predicted octanol–water partition coefficient (Wildman–Crippen LogP) is 2.72. The Balaban J connectivity index is 2.79. The van der Waals surface area contributed by atoms with Crippen LogP contribution in [-0.2, 0) is 9.53 Å².